The minimum Gasteiger partial charge on any atom is -0.497 e. The van der Waals surface area contributed by atoms with Gasteiger partial charge in [-0.3, -0.25) is 4.90 Å². The fourth-order valence-electron chi connectivity index (χ4n) is 3.34. The predicted octanol–water partition coefficient (Wildman–Crippen LogP) is 3.26. The first-order valence-corrected chi connectivity index (χ1v) is 9.65. The van der Waals surface area contributed by atoms with Crippen LogP contribution in [0, 0.1) is 5.82 Å². The van der Waals surface area contributed by atoms with Crippen molar-refractivity contribution in [3.05, 3.63) is 59.9 Å². The largest absolute Gasteiger partial charge is 0.497 e. The number of halogens is 1. The van der Waals surface area contributed by atoms with E-state index in [0.29, 0.717) is 18.8 Å². The van der Waals surface area contributed by atoms with Crippen molar-refractivity contribution in [2.45, 2.75) is 31.6 Å². The Kier molecular flexibility index (Phi) is 7.65. The first-order valence-electron chi connectivity index (χ1n) is 9.65. The number of ether oxygens (including phenoxy) is 3. The average molecular weight is 389 g/mol. The summed E-state index contributed by atoms with van der Waals surface area (Å²) in [5.41, 5.74) is 1.14. The van der Waals surface area contributed by atoms with Crippen LogP contribution in [0.25, 0.3) is 0 Å². The molecule has 1 aliphatic heterocycles. The van der Waals surface area contributed by atoms with Crippen molar-refractivity contribution in [2.75, 3.05) is 33.4 Å². The van der Waals surface area contributed by atoms with E-state index in [1.54, 1.807) is 19.2 Å². The summed E-state index contributed by atoms with van der Waals surface area (Å²) >= 11 is 0. The Morgan fingerprint density at radius 2 is 1.86 bits per heavy atom. The number of rotatable bonds is 10. The van der Waals surface area contributed by atoms with E-state index in [0.717, 1.165) is 37.3 Å². The van der Waals surface area contributed by atoms with Gasteiger partial charge in [0.05, 0.1) is 13.2 Å². The van der Waals surface area contributed by atoms with Crippen LogP contribution < -0.4 is 9.47 Å². The highest BCUT2D eigenvalue weighted by molar-refractivity contribution is 5.27. The minimum atomic E-state index is -0.662. The van der Waals surface area contributed by atoms with E-state index in [2.05, 4.69) is 4.90 Å². The first kappa shape index (κ1) is 20.6. The number of nitrogens with zero attached hydrogens (tertiary/aromatic N) is 1. The Balaban J connectivity index is 1.55. The van der Waals surface area contributed by atoms with Crippen LogP contribution in [0.5, 0.6) is 11.5 Å². The number of hydrogen-bond donors (Lipinski definition) is 1. The topological polar surface area (TPSA) is 51.2 Å². The lowest BCUT2D eigenvalue weighted by molar-refractivity contribution is 0.0313. The van der Waals surface area contributed by atoms with E-state index in [9.17, 15) is 9.50 Å². The lowest BCUT2D eigenvalue weighted by Gasteiger charge is -2.27. The van der Waals surface area contributed by atoms with Crippen LogP contribution in [0.3, 0.4) is 0 Å². The zero-order chi connectivity index (χ0) is 19.8. The molecule has 6 heteroatoms. The van der Waals surface area contributed by atoms with Crippen LogP contribution in [-0.4, -0.2) is 55.6 Å². The Labute approximate surface area is 165 Å². The van der Waals surface area contributed by atoms with E-state index in [1.165, 1.54) is 12.1 Å². The molecular weight excluding hydrogens is 361 g/mol. The summed E-state index contributed by atoms with van der Waals surface area (Å²) < 4.78 is 29.5. The third kappa shape index (κ3) is 6.48. The van der Waals surface area contributed by atoms with Crippen LogP contribution >= 0.6 is 0 Å². The summed E-state index contributed by atoms with van der Waals surface area (Å²) in [5, 5.41) is 10.5. The van der Waals surface area contributed by atoms with Crippen molar-refractivity contribution < 1.29 is 23.7 Å². The molecule has 3 rings (SSSR count). The van der Waals surface area contributed by atoms with Gasteiger partial charge in [-0.15, -0.1) is 0 Å². The van der Waals surface area contributed by atoms with Crippen molar-refractivity contribution in [3.63, 3.8) is 0 Å². The maximum Gasteiger partial charge on any atom is 0.123 e. The Morgan fingerprint density at radius 3 is 2.50 bits per heavy atom. The number of benzene rings is 2. The quantitative estimate of drug-likeness (QED) is 0.676. The Bertz CT molecular complexity index is 701. The average Bonchev–Trinajstić information content (AvgIpc) is 3.21. The molecule has 2 unspecified atom stereocenters. The van der Waals surface area contributed by atoms with E-state index >= 15 is 0 Å². The molecule has 1 N–H and O–H groups in total. The maximum atomic E-state index is 13.0. The van der Waals surface area contributed by atoms with Gasteiger partial charge < -0.3 is 19.3 Å². The molecule has 0 bridgehead atoms. The van der Waals surface area contributed by atoms with Crippen LogP contribution in [0.15, 0.2) is 48.5 Å². The van der Waals surface area contributed by atoms with Gasteiger partial charge in [0.15, 0.2) is 0 Å². The molecule has 0 aliphatic carbocycles. The summed E-state index contributed by atoms with van der Waals surface area (Å²) in [7, 11) is 1.65. The molecule has 1 heterocycles. The molecule has 1 fully saturated rings. The van der Waals surface area contributed by atoms with E-state index in [-0.39, 0.29) is 18.5 Å². The molecular formula is C22H28FNO4. The smallest absolute Gasteiger partial charge is 0.123 e. The lowest BCUT2D eigenvalue weighted by Crippen LogP contribution is -2.39. The van der Waals surface area contributed by atoms with Crippen molar-refractivity contribution in [2.24, 2.45) is 0 Å². The third-order valence-corrected chi connectivity index (χ3v) is 4.78. The number of aliphatic hydroxyl groups excluding tert-OH is 1. The second-order valence-corrected chi connectivity index (χ2v) is 7.10. The van der Waals surface area contributed by atoms with Gasteiger partial charge in [-0.05, 0) is 54.8 Å². The zero-order valence-corrected chi connectivity index (χ0v) is 16.2. The molecule has 1 aliphatic rings. The van der Waals surface area contributed by atoms with Gasteiger partial charge in [0, 0.05) is 26.2 Å². The standard InChI is InChI=1S/C22H28FNO4/c1-26-20-8-4-17(5-9-20)13-24(15-22-3-2-12-27-22)14-19(25)16-28-21-10-6-18(23)7-11-21/h4-11,19,22,25H,2-3,12-16H2,1H3. The monoisotopic (exact) mass is 389 g/mol. The van der Waals surface area contributed by atoms with Gasteiger partial charge in [0.25, 0.3) is 0 Å². The van der Waals surface area contributed by atoms with Gasteiger partial charge in [0.2, 0.25) is 0 Å². The van der Waals surface area contributed by atoms with Gasteiger partial charge in [-0.1, -0.05) is 12.1 Å². The Morgan fingerprint density at radius 1 is 1.14 bits per heavy atom. The van der Waals surface area contributed by atoms with Crippen molar-refractivity contribution in [1.82, 2.24) is 4.90 Å². The third-order valence-electron chi connectivity index (χ3n) is 4.78. The summed E-state index contributed by atoms with van der Waals surface area (Å²) in [6, 6.07) is 13.7. The minimum absolute atomic E-state index is 0.149. The summed E-state index contributed by atoms with van der Waals surface area (Å²) in [6.07, 6.45) is 1.66. The van der Waals surface area contributed by atoms with E-state index in [4.69, 9.17) is 14.2 Å². The highest BCUT2D eigenvalue weighted by Gasteiger charge is 2.21. The molecule has 0 aromatic heterocycles. The van der Waals surface area contributed by atoms with Crippen LogP contribution in [-0.2, 0) is 11.3 Å². The van der Waals surface area contributed by atoms with Crippen molar-refractivity contribution in [3.8, 4) is 11.5 Å². The second kappa shape index (κ2) is 10.4. The number of aliphatic hydroxyl groups is 1. The van der Waals surface area contributed by atoms with Crippen molar-refractivity contribution in [1.29, 1.82) is 0 Å². The van der Waals surface area contributed by atoms with Gasteiger partial charge in [-0.25, -0.2) is 4.39 Å². The molecule has 0 amide bonds. The second-order valence-electron chi connectivity index (χ2n) is 7.10. The normalized spacial score (nSPS) is 17.6. The summed E-state index contributed by atoms with van der Waals surface area (Å²) in [5.74, 6) is 1.05. The number of methoxy groups -OCH3 is 1. The molecule has 5 nitrogen and oxygen atoms in total. The lowest BCUT2D eigenvalue weighted by atomic mass is 10.1. The molecule has 28 heavy (non-hydrogen) atoms. The first-order chi connectivity index (χ1) is 13.6. The number of hydrogen-bond acceptors (Lipinski definition) is 5. The fraction of sp³-hybridized carbons (Fsp3) is 0.455. The van der Waals surface area contributed by atoms with E-state index < -0.39 is 6.10 Å². The maximum absolute atomic E-state index is 13.0. The van der Waals surface area contributed by atoms with Crippen LogP contribution in [0.1, 0.15) is 18.4 Å². The SMILES string of the molecule is COc1ccc(CN(CC(O)COc2ccc(F)cc2)CC2CCCO2)cc1. The molecule has 2 atom stereocenters. The van der Waals surface area contributed by atoms with Gasteiger partial charge >= 0.3 is 0 Å². The zero-order valence-electron chi connectivity index (χ0n) is 16.2. The van der Waals surface area contributed by atoms with Crippen molar-refractivity contribution >= 4 is 0 Å². The molecule has 2 aromatic carbocycles. The Hall–Kier alpha value is -2.15. The van der Waals surface area contributed by atoms with Crippen LogP contribution in [0.4, 0.5) is 4.39 Å². The molecule has 2 aromatic rings. The summed E-state index contributed by atoms with van der Waals surface area (Å²) in [6.45, 7) is 2.89. The highest BCUT2D eigenvalue weighted by Crippen LogP contribution is 2.18. The van der Waals surface area contributed by atoms with Gasteiger partial charge in [0.1, 0.15) is 30.0 Å². The predicted molar refractivity (Wildman–Crippen MR) is 105 cm³/mol. The fourth-order valence-corrected chi connectivity index (χ4v) is 3.34. The highest BCUT2D eigenvalue weighted by atomic mass is 19.1. The molecule has 1 saturated heterocycles. The molecule has 0 saturated carbocycles. The van der Waals surface area contributed by atoms with Gasteiger partial charge in [-0.2, -0.15) is 0 Å². The molecule has 0 spiro atoms. The van der Waals surface area contributed by atoms with E-state index in [1.807, 2.05) is 24.3 Å². The van der Waals surface area contributed by atoms with Crippen LogP contribution in [0.2, 0.25) is 0 Å². The summed E-state index contributed by atoms with van der Waals surface area (Å²) in [4.78, 5) is 2.19. The molecule has 152 valence electrons. The molecule has 0 radical (unpaired) electrons.